The molecule has 0 aliphatic rings. The average Bonchev–Trinajstić information content (AvgIpc) is 2.07. The molecule has 0 aliphatic heterocycles. The molecule has 12 heavy (non-hydrogen) atoms. The van der Waals surface area contributed by atoms with E-state index in [4.69, 9.17) is 0 Å². The van der Waals surface area contributed by atoms with Crippen molar-refractivity contribution >= 4 is 21.5 Å². The van der Waals surface area contributed by atoms with E-state index in [-0.39, 0.29) is 0 Å². The van der Waals surface area contributed by atoms with Gasteiger partial charge in [0.15, 0.2) is 0 Å². The predicted octanol–water partition coefficient (Wildman–Crippen LogP) is 3.62. The van der Waals surface area contributed by atoms with Gasteiger partial charge in [-0.3, -0.25) is 4.98 Å². The Bertz CT molecular complexity index is 273. The second kappa shape index (κ2) is 4.41. The van der Waals surface area contributed by atoms with Gasteiger partial charge in [0.25, 0.3) is 0 Å². The summed E-state index contributed by atoms with van der Waals surface area (Å²) in [6, 6.07) is 4.06. The molecule has 0 atom stereocenters. The van der Waals surface area contributed by atoms with Crippen LogP contribution in [-0.2, 0) is 0 Å². The van der Waals surface area contributed by atoms with Crippen LogP contribution in [0.2, 0.25) is 0 Å². The van der Waals surface area contributed by atoms with Gasteiger partial charge in [-0.15, -0.1) is 0 Å². The molecule has 0 N–H and O–H groups in total. The van der Waals surface area contributed by atoms with Crippen molar-refractivity contribution in [2.45, 2.75) is 20.3 Å². The lowest BCUT2D eigenvalue weighted by molar-refractivity contribution is 1.21. The maximum absolute atomic E-state index is 3.98. The average molecular weight is 226 g/mol. The molecule has 0 unspecified atom stereocenters. The van der Waals surface area contributed by atoms with Crippen LogP contribution in [0.3, 0.4) is 0 Å². The van der Waals surface area contributed by atoms with Gasteiger partial charge in [-0.25, -0.2) is 0 Å². The van der Waals surface area contributed by atoms with Crippen LogP contribution in [0.5, 0.6) is 0 Å². The van der Waals surface area contributed by atoms with Crippen LogP contribution in [0.25, 0.3) is 5.57 Å². The molecule has 64 valence electrons. The van der Waals surface area contributed by atoms with Gasteiger partial charge in [0.2, 0.25) is 0 Å². The number of rotatable bonds is 2. The van der Waals surface area contributed by atoms with Gasteiger partial charge >= 0.3 is 0 Å². The van der Waals surface area contributed by atoms with Crippen LogP contribution in [0.1, 0.15) is 25.8 Å². The molecule has 1 heterocycles. The molecule has 1 aromatic rings. The third-order valence-electron chi connectivity index (χ3n) is 1.80. The topological polar surface area (TPSA) is 12.9 Å². The first kappa shape index (κ1) is 9.46. The maximum atomic E-state index is 3.98. The summed E-state index contributed by atoms with van der Waals surface area (Å²) in [5.74, 6) is 0. The second-order valence-corrected chi connectivity index (χ2v) is 3.79. The maximum Gasteiger partial charge on any atom is 0.0273 e. The van der Waals surface area contributed by atoms with Crippen molar-refractivity contribution in [2.24, 2.45) is 0 Å². The zero-order valence-corrected chi connectivity index (χ0v) is 8.93. The number of hydrogen-bond donors (Lipinski definition) is 0. The van der Waals surface area contributed by atoms with E-state index < -0.39 is 0 Å². The monoisotopic (exact) mass is 225 g/mol. The number of pyridine rings is 1. The highest BCUT2D eigenvalue weighted by atomic mass is 79.9. The summed E-state index contributed by atoms with van der Waals surface area (Å²) in [4.78, 5) is 3.98. The summed E-state index contributed by atoms with van der Waals surface area (Å²) >= 11 is 3.50. The fourth-order valence-electron chi connectivity index (χ4n) is 1.20. The summed E-state index contributed by atoms with van der Waals surface area (Å²) in [6.07, 6.45) is 4.68. The normalized spacial score (nSPS) is 12.6. The van der Waals surface area contributed by atoms with Crippen molar-refractivity contribution in [2.75, 3.05) is 0 Å². The number of nitrogens with zero attached hydrogens (tertiary/aromatic N) is 1. The minimum Gasteiger partial charge on any atom is -0.265 e. The van der Waals surface area contributed by atoms with Crippen LogP contribution in [-0.4, -0.2) is 4.98 Å². The molecular weight excluding hydrogens is 214 g/mol. The van der Waals surface area contributed by atoms with Crippen molar-refractivity contribution in [1.82, 2.24) is 4.98 Å². The zero-order chi connectivity index (χ0) is 8.97. The summed E-state index contributed by atoms with van der Waals surface area (Å²) < 4.78 is 1.20. The molecule has 1 aromatic heterocycles. The molecule has 0 aromatic carbocycles. The molecule has 0 radical (unpaired) electrons. The molecule has 0 bridgehead atoms. The van der Waals surface area contributed by atoms with Gasteiger partial charge in [-0.2, -0.15) is 0 Å². The molecule has 0 amide bonds. The Kier molecular flexibility index (Phi) is 3.48. The third-order valence-corrected chi connectivity index (χ3v) is 2.28. The first-order chi connectivity index (χ1) is 5.75. The van der Waals surface area contributed by atoms with Crippen molar-refractivity contribution in [3.05, 3.63) is 34.6 Å². The highest BCUT2D eigenvalue weighted by Crippen LogP contribution is 2.24. The second-order valence-electron chi connectivity index (χ2n) is 2.60. The number of halogens is 1. The van der Waals surface area contributed by atoms with Crippen LogP contribution < -0.4 is 0 Å². The fraction of sp³-hybridized carbons (Fsp3) is 0.300. The lowest BCUT2D eigenvalue weighted by atomic mass is 10.1. The Morgan fingerprint density at radius 2 is 2.00 bits per heavy atom. The summed E-state index contributed by atoms with van der Waals surface area (Å²) in [5, 5.41) is 0. The SMILES string of the molecule is CCC(=C(C)Br)c1ccncc1. The largest absolute Gasteiger partial charge is 0.265 e. The Labute approximate surface area is 81.7 Å². The smallest absolute Gasteiger partial charge is 0.0273 e. The summed E-state index contributed by atoms with van der Waals surface area (Å²) in [5.41, 5.74) is 2.60. The lowest BCUT2D eigenvalue weighted by Crippen LogP contribution is -1.84. The van der Waals surface area contributed by atoms with Crippen LogP contribution >= 0.6 is 15.9 Å². The van der Waals surface area contributed by atoms with Crippen molar-refractivity contribution in [1.29, 1.82) is 0 Å². The van der Waals surface area contributed by atoms with E-state index >= 15 is 0 Å². The van der Waals surface area contributed by atoms with E-state index in [1.54, 1.807) is 0 Å². The highest BCUT2D eigenvalue weighted by molar-refractivity contribution is 9.11. The minimum absolute atomic E-state index is 1.04. The number of hydrogen-bond acceptors (Lipinski definition) is 1. The Balaban J connectivity index is 3.05. The van der Waals surface area contributed by atoms with E-state index in [1.165, 1.54) is 15.6 Å². The molecule has 1 rings (SSSR count). The first-order valence-electron chi connectivity index (χ1n) is 4.01. The van der Waals surface area contributed by atoms with E-state index in [2.05, 4.69) is 34.8 Å². The van der Waals surface area contributed by atoms with Gasteiger partial charge in [0, 0.05) is 12.4 Å². The lowest BCUT2D eigenvalue weighted by Gasteiger charge is -2.04. The standard InChI is InChI=1S/C10H12BrN/c1-3-10(8(2)11)9-4-6-12-7-5-9/h4-7H,3H2,1-2H3. The Hall–Kier alpha value is -0.630. The molecule has 0 saturated carbocycles. The summed E-state index contributed by atoms with van der Waals surface area (Å²) in [7, 11) is 0. The molecular formula is C10H12BrN. The van der Waals surface area contributed by atoms with Crippen LogP contribution in [0.15, 0.2) is 29.0 Å². The van der Waals surface area contributed by atoms with Crippen LogP contribution in [0, 0.1) is 0 Å². The third kappa shape index (κ3) is 2.18. The number of aromatic nitrogens is 1. The van der Waals surface area contributed by atoms with Gasteiger partial charge in [0.05, 0.1) is 0 Å². The van der Waals surface area contributed by atoms with E-state index in [9.17, 15) is 0 Å². The van der Waals surface area contributed by atoms with Gasteiger partial charge in [0.1, 0.15) is 0 Å². The van der Waals surface area contributed by atoms with E-state index in [0.717, 1.165) is 6.42 Å². The first-order valence-corrected chi connectivity index (χ1v) is 4.80. The van der Waals surface area contributed by atoms with Crippen molar-refractivity contribution in [3.8, 4) is 0 Å². The molecule has 0 spiro atoms. The van der Waals surface area contributed by atoms with Gasteiger partial charge in [-0.05, 0) is 41.1 Å². The quantitative estimate of drug-likeness (QED) is 0.750. The van der Waals surface area contributed by atoms with Crippen molar-refractivity contribution in [3.63, 3.8) is 0 Å². The molecule has 0 fully saturated rings. The van der Waals surface area contributed by atoms with Crippen LogP contribution in [0.4, 0.5) is 0 Å². The van der Waals surface area contributed by atoms with Crippen molar-refractivity contribution < 1.29 is 0 Å². The molecule has 2 heteroatoms. The van der Waals surface area contributed by atoms with Gasteiger partial charge < -0.3 is 0 Å². The minimum atomic E-state index is 1.04. The Morgan fingerprint density at radius 1 is 1.42 bits per heavy atom. The van der Waals surface area contributed by atoms with E-state index in [1.807, 2.05) is 24.5 Å². The summed E-state index contributed by atoms with van der Waals surface area (Å²) in [6.45, 7) is 4.22. The van der Waals surface area contributed by atoms with E-state index in [0.29, 0.717) is 0 Å². The fourth-order valence-corrected chi connectivity index (χ4v) is 1.71. The zero-order valence-electron chi connectivity index (χ0n) is 7.34. The molecule has 0 aliphatic carbocycles. The van der Waals surface area contributed by atoms with Gasteiger partial charge in [-0.1, -0.05) is 22.9 Å². The Morgan fingerprint density at radius 3 is 2.42 bits per heavy atom. The highest BCUT2D eigenvalue weighted by Gasteiger charge is 2.00. The predicted molar refractivity (Wildman–Crippen MR) is 56.0 cm³/mol. The molecule has 1 nitrogen and oxygen atoms in total. The number of allylic oxidation sites excluding steroid dienone is 2. The molecule has 0 saturated heterocycles.